The lowest BCUT2D eigenvalue weighted by molar-refractivity contribution is 0.0946. The summed E-state index contributed by atoms with van der Waals surface area (Å²) < 4.78 is 14.0. The van der Waals surface area contributed by atoms with E-state index >= 15 is 0 Å². The molecule has 5 heteroatoms. The highest BCUT2D eigenvalue weighted by Gasteiger charge is 2.17. The number of nitrogens with zero attached hydrogens (tertiary/aromatic N) is 2. The van der Waals surface area contributed by atoms with Gasteiger partial charge < -0.3 is 5.32 Å². The van der Waals surface area contributed by atoms with Crippen molar-refractivity contribution in [3.63, 3.8) is 0 Å². The second-order valence-corrected chi connectivity index (χ2v) is 6.56. The van der Waals surface area contributed by atoms with Crippen molar-refractivity contribution in [3.05, 3.63) is 94.6 Å². The van der Waals surface area contributed by atoms with Crippen molar-refractivity contribution in [2.75, 3.05) is 6.54 Å². The van der Waals surface area contributed by atoms with Crippen LogP contribution in [-0.4, -0.2) is 23.1 Å². The highest BCUT2D eigenvalue weighted by Crippen LogP contribution is 2.24. The number of hydrogen-bond acceptors (Lipinski definition) is 3. The molecule has 0 atom stereocenters. The van der Waals surface area contributed by atoms with Crippen LogP contribution >= 0.6 is 0 Å². The number of pyridine rings is 1. The largest absolute Gasteiger partial charge is 0.352 e. The third-order valence-electron chi connectivity index (χ3n) is 4.53. The quantitative estimate of drug-likeness (QED) is 0.719. The smallest absolute Gasteiger partial charge is 0.251 e. The highest BCUT2D eigenvalue weighted by molar-refractivity contribution is 6.14. The van der Waals surface area contributed by atoms with Crippen molar-refractivity contribution < 1.29 is 9.18 Å². The number of aromatic nitrogens is 1. The van der Waals surface area contributed by atoms with Crippen LogP contribution in [0.5, 0.6) is 0 Å². The van der Waals surface area contributed by atoms with Crippen molar-refractivity contribution in [1.82, 2.24) is 10.3 Å². The SMILES string of the molecule is Cc1cc(F)cc(/C(=N/c2ccc3c(c2)C(=O)NCC3)c2ccncc2)c1. The molecule has 2 heterocycles. The monoisotopic (exact) mass is 359 g/mol. The Balaban J connectivity index is 1.86. The topological polar surface area (TPSA) is 54.4 Å². The molecule has 0 saturated carbocycles. The van der Waals surface area contributed by atoms with Gasteiger partial charge >= 0.3 is 0 Å². The minimum Gasteiger partial charge on any atom is -0.352 e. The Bertz CT molecular complexity index is 1020. The Morgan fingerprint density at radius 3 is 2.67 bits per heavy atom. The van der Waals surface area contributed by atoms with Crippen molar-refractivity contribution in [2.45, 2.75) is 13.3 Å². The van der Waals surface area contributed by atoms with E-state index in [4.69, 9.17) is 4.99 Å². The van der Waals surface area contributed by atoms with Crippen LogP contribution in [0.15, 0.2) is 65.9 Å². The molecule has 134 valence electrons. The van der Waals surface area contributed by atoms with Crippen molar-refractivity contribution >= 4 is 17.3 Å². The number of benzene rings is 2. The zero-order valence-electron chi connectivity index (χ0n) is 14.9. The van der Waals surface area contributed by atoms with Gasteiger partial charge in [-0.25, -0.2) is 9.38 Å². The Labute approximate surface area is 156 Å². The summed E-state index contributed by atoms with van der Waals surface area (Å²) in [7, 11) is 0. The molecule has 0 fully saturated rings. The minimum absolute atomic E-state index is 0.0830. The number of carbonyl (C=O) groups excluding carboxylic acids is 1. The lowest BCUT2D eigenvalue weighted by atomic mass is 9.99. The van der Waals surface area contributed by atoms with Crippen molar-refractivity contribution in [2.24, 2.45) is 4.99 Å². The summed E-state index contributed by atoms with van der Waals surface area (Å²) in [5.74, 6) is -0.392. The Kier molecular flexibility index (Phi) is 4.50. The first-order chi connectivity index (χ1) is 13.1. The fourth-order valence-electron chi connectivity index (χ4n) is 3.28. The second-order valence-electron chi connectivity index (χ2n) is 6.56. The molecule has 4 nitrogen and oxygen atoms in total. The standard InChI is InChI=1S/C22H18FN3O/c1-14-10-17(12-18(23)11-14)21(16-4-7-24-8-5-16)26-19-3-2-15-6-9-25-22(27)20(15)13-19/h2-5,7-8,10-13H,6,9H2,1H3,(H,25,27)/b26-21+. The molecule has 0 radical (unpaired) electrons. The molecule has 0 saturated heterocycles. The van der Waals surface area contributed by atoms with Gasteiger partial charge in [-0.2, -0.15) is 0 Å². The molecule has 4 rings (SSSR count). The van der Waals surface area contributed by atoms with Crippen LogP contribution in [0.2, 0.25) is 0 Å². The van der Waals surface area contributed by atoms with Gasteiger partial charge in [0, 0.05) is 35.6 Å². The molecule has 2 aromatic carbocycles. The van der Waals surface area contributed by atoms with Crippen molar-refractivity contribution in [1.29, 1.82) is 0 Å². The number of aryl methyl sites for hydroxylation is 1. The normalized spacial score (nSPS) is 13.9. The minimum atomic E-state index is -0.309. The number of nitrogens with one attached hydrogen (secondary N) is 1. The first kappa shape index (κ1) is 17.1. The van der Waals surface area contributed by atoms with E-state index in [-0.39, 0.29) is 11.7 Å². The number of aliphatic imine (C=N–C) groups is 1. The molecule has 1 aliphatic heterocycles. The van der Waals surface area contributed by atoms with Crippen LogP contribution in [0, 0.1) is 12.7 Å². The number of fused-ring (bicyclic) bond motifs is 1. The molecule has 3 aromatic rings. The van der Waals surface area contributed by atoms with E-state index in [0.717, 1.165) is 23.1 Å². The van der Waals surface area contributed by atoms with Gasteiger partial charge in [-0.15, -0.1) is 0 Å². The number of amides is 1. The number of carbonyl (C=O) groups is 1. The predicted molar refractivity (Wildman–Crippen MR) is 103 cm³/mol. The fourth-order valence-corrected chi connectivity index (χ4v) is 3.28. The van der Waals surface area contributed by atoms with Gasteiger partial charge in [0.2, 0.25) is 0 Å². The first-order valence-electron chi connectivity index (χ1n) is 8.78. The molecule has 1 amide bonds. The molecule has 0 aliphatic carbocycles. The Morgan fingerprint density at radius 1 is 1.07 bits per heavy atom. The summed E-state index contributed by atoms with van der Waals surface area (Å²) in [6.07, 6.45) is 4.17. The van der Waals surface area contributed by atoms with E-state index in [0.29, 0.717) is 29.1 Å². The summed E-state index contributed by atoms with van der Waals surface area (Å²) in [5.41, 5.74) is 5.28. The Hall–Kier alpha value is -3.34. The average Bonchev–Trinajstić information content (AvgIpc) is 2.66. The van der Waals surface area contributed by atoms with Gasteiger partial charge in [0.05, 0.1) is 11.4 Å². The van der Waals surface area contributed by atoms with E-state index in [9.17, 15) is 9.18 Å². The average molecular weight is 359 g/mol. The number of halogens is 1. The van der Waals surface area contributed by atoms with Gasteiger partial charge in [0.15, 0.2) is 0 Å². The molecular formula is C22H18FN3O. The van der Waals surface area contributed by atoms with Gasteiger partial charge in [0.1, 0.15) is 5.82 Å². The molecule has 27 heavy (non-hydrogen) atoms. The molecule has 1 aromatic heterocycles. The van der Waals surface area contributed by atoms with E-state index in [1.807, 2.05) is 37.3 Å². The summed E-state index contributed by atoms with van der Waals surface area (Å²) in [6.45, 7) is 2.50. The molecule has 1 N–H and O–H groups in total. The van der Waals surface area contributed by atoms with E-state index in [2.05, 4.69) is 10.3 Å². The molecular weight excluding hydrogens is 341 g/mol. The van der Waals surface area contributed by atoms with E-state index in [1.165, 1.54) is 12.1 Å². The summed E-state index contributed by atoms with van der Waals surface area (Å²) in [4.78, 5) is 21.0. The zero-order chi connectivity index (χ0) is 18.8. The summed E-state index contributed by atoms with van der Waals surface area (Å²) in [5, 5.41) is 2.85. The van der Waals surface area contributed by atoms with Crippen molar-refractivity contribution in [3.8, 4) is 0 Å². The van der Waals surface area contributed by atoms with Crippen LogP contribution in [0.3, 0.4) is 0 Å². The molecule has 0 bridgehead atoms. The lowest BCUT2D eigenvalue weighted by Gasteiger charge is -2.16. The maximum Gasteiger partial charge on any atom is 0.251 e. The lowest BCUT2D eigenvalue weighted by Crippen LogP contribution is -2.31. The maximum absolute atomic E-state index is 14.0. The number of hydrogen-bond donors (Lipinski definition) is 1. The first-order valence-corrected chi connectivity index (χ1v) is 8.78. The maximum atomic E-state index is 14.0. The summed E-state index contributed by atoms with van der Waals surface area (Å²) >= 11 is 0. The third-order valence-corrected chi connectivity index (χ3v) is 4.53. The van der Waals surface area contributed by atoms with E-state index in [1.54, 1.807) is 18.5 Å². The van der Waals surface area contributed by atoms with Crippen LogP contribution in [0.25, 0.3) is 0 Å². The van der Waals surface area contributed by atoms with Gasteiger partial charge in [-0.1, -0.05) is 6.07 Å². The van der Waals surface area contributed by atoms with Crippen LogP contribution in [0.1, 0.15) is 32.6 Å². The van der Waals surface area contributed by atoms with Gasteiger partial charge in [0.25, 0.3) is 5.91 Å². The van der Waals surface area contributed by atoms with Crippen LogP contribution in [-0.2, 0) is 6.42 Å². The summed E-state index contributed by atoms with van der Waals surface area (Å²) in [6, 6.07) is 14.1. The van der Waals surface area contributed by atoms with Gasteiger partial charge in [-0.3, -0.25) is 9.78 Å². The van der Waals surface area contributed by atoms with E-state index < -0.39 is 0 Å². The Morgan fingerprint density at radius 2 is 1.89 bits per heavy atom. The third kappa shape index (κ3) is 3.62. The molecule has 0 spiro atoms. The fraction of sp³-hybridized carbons (Fsp3) is 0.136. The molecule has 0 unspecified atom stereocenters. The van der Waals surface area contributed by atoms with Crippen LogP contribution in [0.4, 0.5) is 10.1 Å². The number of rotatable bonds is 3. The predicted octanol–water partition coefficient (Wildman–Crippen LogP) is 3.98. The second kappa shape index (κ2) is 7.11. The molecule has 1 aliphatic rings. The highest BCUT2D eigenvalue weighted by atomic mass is 19.1. The van der Waals surface area contributed by atoms with Crippen LogP contribution < -0.4 is 5.32 Å². The van der Waals surface area contributed by atoms with Gasteiger partial charge in [-0.05, 0) is 66.9 Å². The zero-order valence-corrected chi connectivity index (χ0v) is 14.9.